The SMILES string of the molecule is CN(C)[C@H](CNC(=O)/C=C/c1ccoc1)c1cc2ccccc2o1. The van der Waals surface area contributed by atoms with E-state index in [9.17, 15) is 4.79 Å². The van der Waals surface area contributed by atoms with Crippen molar-refractivity contribution in [3.05, 3.63) is 66.3 Å². The number of benzene rings is 1. The van der Waals surface area contributed by atoms with Crippen LogP contribution < -0.4 is 5.32 Å². The number of hydrogen-bond acceptors (Lipinski definition) is 4. The molecule has 24 heavy (non-hydrogen) atoms. The maximum atomic E-state index is 12.0. The van der Waals surface area contributed by atoms with Crippen LogP contribution in [0, 0.1) is 0 Å². The Kier molecular flexibility index (Phi) is 4.82. The third-order valence-electron chi connectivity index (χ3n) is 3.84. The zero-order chi connectivity index (χ0) is 16.9. The Morgan fingerprint density at radius 3 is 2.83 bits per heavy atom. The summed E-state index contributed by atoms with van der Waals surface area (Å²) in [7, 11) is 3.93. The van der Waals surface area contributed by atoms with Crippen molar-refractivity contribution >= 4 is 23.0 Å². The second kappa shape index (κ2) is 7.19. The molecule has 2 heterocycles. The first-order valence-electron chi connectivity index (χ1n) is 7.76. The summed E-state index contributed by atoms with van der Waals surface area (Å²) < 4.78 is 10.9. The molecule has 0 aliphatic carbocycles. The molecule has 0 aliphatic heterocycles. The molecule has 1 N–H and O–H groups in total. The molecule has 0 aliphatic rings. The van der Waals surface area contributed by atoms with E-state index in [1.807, 2.05) is 49.3 Å². The van der Waals surface area contributed by atoms with E-state index in [1.165, 1.54) is 6.08 Å². The third-order valence-corrected chi connectivity index (χ3v) is 3.84. The van der Waals surface area contributed by atoms with Gasteiger partial charge in [-0.2, -0.15) is 0 Å². The summed E-state index contributed by atoms with van der Waals surface area (Å²) in [6.07, 6.45) is 6.36. The highest BCUT2D eigenvalue weighted by molar-refractivity contribution is 5.91. The Balaban J connectivity index is 1.67. The van der Waals surface area contributed by atoms with E-state index >= 15 is 0 Å². The fourth-order valence-electron chi connectivity index (χ4n) is 2.50. The number of fused-ring (bicyclic) bond motifs is 1. The molecule has 0 saturated heterocycles. The average molecular weight is 324 g/mol. The van der Waals surface area contributed by atoms with Crippen molar-refractivity contribution in [1.82, 2.24) is 10.2 Å². The molecule has 124 valence electrons. The molecule has 0 unspecified atom stereocenters. The van der Waals surface area contributed by atoms with Gasteiger partial charge in [0.2, 0.25) is 5.91 Å². The summed E-state index contributed by atoms with van der Waals surface area (Å²) in [5.41, 5.74) is 1.71. The number of rotatable bonds is 6. The minimum absolute atomic E-state index is 0.0383. The van der Waals surface area contributed by atoms with Gasteiger partial charge in [0.05, 0.1) is 18.6 Å². The summed E-state index contributed by atoms with van der Waals surface area (Å²) in [6.45, 7) is 0.460. The number of nitrogens with zero attached hydrogens (tertiary/aromatic N) is 1. The van der Waals surface area contributed by atoms with Crippen LogP contribution in [0.2, 0.25) is 0 Å². The normalized spacial score (nSPS) is 13.0. The fraction of sp³-hybridized carbons (Fsp3) is 0.211. The minimum Gasteiger partial charge on any atom is -0.472 e. The van der Waals surface area contributed by atoms with E-state index in [0.717, 1.165) is 22.3 Å². The Morgan fingerprint density at radius 1 is 1.29 bits per heavy atom. The Bertz CT molecular complexity index is 798. The summed E-state index contributed by atoms with van der Waals surface area (Å²) in [5.74, 6) is 0.680. The molecule has 5 heteroatoms. The first-order chi connectivity index (χ1) is 11.6. The van der Waals surface area contributed by atoms with E-state index in [4.69, 9.17) is 8.83 Å². The molecule has 2 aromatic heterocycles. The van der Waals surface area contributed by atoms with Gasteiger partial charge in [0.1, 0.15) is 11.3 Å². The molecule has 5 nitrogen and oxygen atoms in total. The van der Waals surface area contributed by atoms with Gasteiger partial charge >= 0.3 is 0 Å². The van der Waals surface area contributed by atoms with Gasteiger partial charge in [0.15, 0.2) is 0 Å². The van der Waals surface area contributed by atoms with Crippen molar-refractivity contribution in [2.45, 2.75) is 6.04 Å². The second-order valence-corrected chi connectivity index (χ2v) is 5.80. The largest absolute Gasteiger partial charge is 0.472 e. The van der Waals surface area contributed by atoms with Crippen molar-refractivity contribution in [2.24, 2.45) is 0 Å². The predicted octanol–water partition coefficient (Wildman–Crippen LogP) is 3.46. The minimum atomic E-state index is -0.154. The maximum Gasteiger partial charge on any atom is 0.244 e. The summed E-state index contributed by atoms with van der Waals surface area (Å²) in [5, 5.41) is 3.97. The molecule has 0 spiro atoms. The van der Waals surface area contributed by atoms with Gasteiger partial charge < -0.3 is 14.2 Å². The first-order valence-corrected chi connectivity index (χ1v) is 7.76. The van der Waals surface area contributed by atoms with Crippen molar-refractivity contribution in [3.8, 4) is 0 Å². The highest BCUT2D eigenvalue weighted by Crippen LogP contribution is 2.25. The highest BCUT2D eigenvalue weighted by atomic mass is 16.3. The van der Waals surface area contributed by atoms with Crippen molar-refractivity contribution < 1.29 is 13.6 Å². The quantitative estimate of drug-likeness (QED) is 0.706. The number of likely N-dealkylation sites (N-methyl/N-ethyl adjacent to an activating group) is 1. The van der Waals surface area contributed by atoms with E-state index in [2.05, 4.69) is 5.32 Å². The molecular formula is C19H20N2O3. The molecular weight excluding hydrogens is 304 g/mol. The van der Waals surface area contributed by atoms with Gasteiger partial charge in [0.25, 0.3) is 0 Å². The lowest BCUT2D eigenvalue weighted by molar-refractivity contribution is -0.116. The van der Waals surface area contributed by atoms with Gasteiger partial charge in [-0.25, -0.2) is 0 Å². The van der Waals surface area contributed by atoms with E-state index in [0.29, 0.717) is 6.54 Å². The fourth-order valence-corrected chi connectivity index (χ4v) is 2.50. The summed E-state index contributed by atoms with van der Waals surface area (Å²) in [6, 6.07) is 11.7. The Hall–Kier alpha value is -2.79. The number of amides is 1. The molecule has 3 aromatic rings. The van der Waals surface area contributed by atoms with Crippen LogP contribution in [-0.4, -0.2) is 31.4 Å². The number of furan rings is 2. The Morgan fingerprint density at radius 2 is 2.12 bits per heavy atom. The van der Waals surface area contributed by atoms with E-state index in [-0.39, 0.29) is 11.9 Å². The molecule has 0 bridgehead atoms. The molecule has 0 saturated carbocycles. The van der Waals surface area contributed by atoms with Gasteiger partial charge in [0, 0.05) is 23.6 Å². The van der Waals surface area contributed by atoms with Crippen LogP contribution in [0.5, 0.6) is 0 Å². The number of carbonyl (C=O) groups is 1. The monoisotopic (exact) mass is 324 g/mol. The van der Waals surface area contributed by atoms with Gasteiger partial charge in [-0.1, -0.05) is 18.2 Å². The van der Waals surface area contributed by atoms with Crippen molar-refractivity contribution in [1.29, 1.82) is 0 Å². The topological polar surface area (TPSA) is 58.6 Å². The van der Waals surface area contributed by atoms with Crippen LogP contribution in [-0.2, 0) is 4.79 Å². The molecule has 3 rings (SSSR count). The number of hydrogen-bond donors (Lipinski definition) is 1. The smallest absolute Gasteiger partial charge is 0.244 e. The number of nitrogens with one attached hydrogen (secondary N) is 1. The lowest BCUT2D eigenvalue weighted by atomic mass is 10.2. The zero-order valence-corrected chi connectivity index (χ0v) is 13.7. The third kappa shape index (κ3) is 3.75. The van der Waals surface area contributed by atoms with Gasteiger partial charge in [-0.3, -0.25) is 9.69 Å². The van der Waals surface area contributed by atoms with Crippen LogP contribution in [0.1, 0.15) is 17.4 Å². The number of carbonyl (C=O) groups excluding carboxylic acids is 1. The standard InChI is InChI=1S/C19H20N2O3/c1-21(2)16(18-11-15-5-3-4-6-17(15)24-18)12-20-19(22)8-7-14-9-10-23-13-14/h3-11,13,16H,12H2,1-2H3,(H,20,22)/b8-7+/t16-/m1/s1. The van der Waals surface area contributed by atoms with Crippen LogP contribution in [0.25, 0.3) is 17.0 Å². The van der Waals surface area contributed by atoms with Gasteiger partial charge in [-0.15, -0.1) is 0 Å². The average Bonchev–Trinajstić information content (AvgIpc) is 3.22. The molecule has 1 amide bonds. The van der Waals surface area contributed by atoms with Crippen molar-refractivity contribution in [3.63, 3.8) is 0 Å². The van der Waals surface area contributed by atoms with Gasteiger partial charge in [-0.05, 0) is 38.4 Å². The van der Waals surface area contributed by atoms with Crippen LogP contribution in [0.15, 0.2) is 63.8 Å². The molecule has 0 fully saturated rings. The number of para-hydroxylation sites is 1. The zero-order valence-electron chi connectivity index (χ0n) is 13.7. The molecule has 0 radical (unpaired) electrons. The van der Waals surface area contributed by atoms with E-state index < -0.39 is 0 Å². The lowest BCUT2D eigenvalue weighted by Crippen LogP contribution is -2.33. The maximum absolute atomic E-state index is 12.0. The lowest BCUT2D eigenvalue weighted by Gasteiger charge is -2.22. The van der Waals surface area contributed by atoms with Crippen LogP contribution >= 0.6 is 0 Å². The first kappa shape index (κ1) is 16.1. The summed E-state index contributed by atoms with van der Waals surface area (Å²) in [4.78, 5) is 14.0. The second-order valence-electron chi connectivity index (χ2n) is 5.80. The molecule has 1 aromatic carbocycles. The van der Waals surface area contributed by atoms with Crippen LogP contribution in [0.4, 0.5) is 0 Å². The summed E-state index contributed by atoms with van der Waals surface area (Å²) >= 11 is 0. The predicted molar refractivity (Wildman–Crippen MR) is 93.4 cm³/mol. The Labute approximate surface area is 140 Å². The van der Waals surface area contributed by atoms with E-state index in [1.54, 1.807) is 24.7 Å². The van der Waals surface area contributed by atoms with Crippen LogP contribution in [0.3, 0.4) is 0 Å². The highest BCUT2D eigenvalue weighted by Gasteiger charge is 2.19. The molecule has 1 atom stereocenters. The van der Waals surface area contributed by atoms with Crippen molar-refractivity contribution in [2.75, 3.05) is 20.6 Å².